The molecule has 0 unspecified atom stereocenters. The zero-order valence-electron chi connectivity index (χ0n) is 12.9. The summed E-state index contributed by atoms with van der Waals surface area (Å²) in [7, 11) is 0. The molecular weight excluding hydrogens is 310 g/mol. The Bertz CT molecular complexity index is 537. The Morgan fingerprint density at radius 3 is 2.57 bits per heavy atom. The molecule has 128 valence electrons. The molecule has 0 amide bonds. The van der Waals surface area contributed by atoms with Crippen molar-refractivity contribution in [3.63, 3.8) is 0 Å². The summed E-state index contributed by atoms with van der Waals surface area (Å²) in [5, 5.41) is 9.94. The third-order valence-electron chi connectivity index (χ3n) is 3.90. The minimum absolute atomic E-state index is 0.184. The lowest BCUT2D eigenvalue weighted by Crippen LogP contribution is -2.61. The van der Waals surface area contributed by atoms with Crippen LogP contribution < -0.4 is 0 Å². The number of aliphatic hydroxyl groups excluding tert-OH is 1. The molecule has 0 saturated carbocycles. The number of aliphatic hydroxyl groups is 1. The zero-order valence-corrected chi connectivity index (χ0v) is 12.9. The Hall–Kier alpha value is -1.12. The maximum Gasteiger partial charge on any atom is 0.304 e. The van der Waals surface area contributed by atoms with Crippen molar-refractivity contribution in [3.05, 3.63) is 35.9 Å². The normalized spacial score (nSPS) is 35.0. The van der Waals surface area contributed by atoms with E-state index in [4.69, 9.17) is 18.9 Å². The van der Waals surface area contributed by atoms with Crippen LogP contribution in [0.3, 0.4) is 0 Å². The van der Waals surface area contributed by atoms with Crippen LogP contribution in [0.2, 0.25) is 0 Å². The molecule has 2 saturated heterocycles. The van der Waals surface area contributed by atoms with Crippen molar-refractivity contribution in [2.24, 2.45) is 0 Å². The van der Waals surface area contributed by atoms with Crippen molar-refractivity contribution >= 4 is 0 Å². The molecule has 0 spiro atoms. The van der Waals surface area contributed by atoms with Crippen molar-refractivity contribution < 1.29 is 32.8 Å². The average molecular weight is 330 g/mol. The maximum atomic E-state index is 14.3. The highest BCUT2D eigenvalue weighted by molar-refractivity contribution is 5.13. The van der Waals surface area contributed by atoms with E-state index in [1.165, 1.54) is 0 Å². The SMILES string of the molecule is CC1(C)O[C@@H]2O[C@@H](COCc3ccccc3)C(F)(F)[C@@H](O)[C@@H]2O1. The Morgan fingerprint density at radius 2 is 1.87 bits per heavy atom. The molecule has 0 bridgehead atoms. The number of benzene rings is 1. The van der Waals surface area contributed by atoms with Gasteiger partial charge in [0.2, 0.25) is 0 Å². The lowest BCUT2D eigenvalue weighted by molar-refractivity contribution is -0.312. The topological polar surface area (TPSA) is 57.2 Å². The van der Waals surface area contributed by atoms with Gasteiger partial charge in [0.05, 0.1) is 13.2 Å². The maximum absolute atomic E-state index is 14.3. The largest absolute Gasteiger partial charge is 0.384 e. The summed E-state index contributed by atoms with van der Waals surface area (Å²) >= 11 is 0. The summed E-state index contributed by atoms with van der Waals surface area (Å²) in [6.45, 7) is 3.00. The third kappa shape index (κ3) is 3.39. The van der Waals surface area contributed by atoms with Crippen LogP contribution >= 0.6 is 0 Å². The van der Waals surface area contributed by atoms with E-state index in [0.717, 1.165) is 5.56 Å². The molecule has 1 aromatic carbocycles. The van der Waals surface area contributed by atoms with Gasteiger partial charge in [-0.15, -0.1) is 0 Å². The fraction of sp³-hybridized carbons (Fsp3) is 0.625. The fourth-order valence-electron chi connectivity index (χ4n) is 2.75. The van der Waals surface area contributed by atoms with Gasteiger partial charge in [-0.25, -0.2) is 8.78 Å². The van der Waals surface area contributed by atoms with Crippen LogP contribution in [0.4, 0.5) is 8.78 Å². The monoisotopic (exact) mass is 330 g/mol. The van der Waals surface area contributed by atoms with Gasteiger partial charge in [0.1, 0.15) is 6.10 Å². The summed E-state index contributed by atoms with van der Waals surface area (Å²) in [6.07, 6.45) is -5.86. The second-order valence-corrected chi connectivity index (χ2v) is 6.21. The first-order valence-corrected chi connectivity index (χ1v) is 7.48. The van der Waals surface area contributed by atoms with E-state index in [0.29, 0.717) is 0 Å². The first kappa shape index (κ1) is 16.7. The Balaban J connectivity index is 1.63. The van der Waals surface area contributed by atoms with E-state index in [1.807, 2.05) is 30.3 Å². The van der Waals surface area contributed by atoms with Crippen LogP contribution in [0.15, 0.2) is 30.3 Å². The number of alkyl halides is 2. The summed E-state index contributed by atoms with van der Waals surface area (Å²) in [5.41, 5.74) is 0.867. The molecule has 23 heavy (non-hydrogen) atoms. The van der Waals surface area contributed by atoms with E-state index >= 15 is 0 Å². The van der Waals surface area contributed by atoms with Crippen LogP contribution in [0, 0.1) is 0 Å². The molecule has 4 atom stereocenters. The van der Waals surface area contributed by atoms with Gasteiger partial charge in [-0.05, 0) is 19.4 Å². The van der Waals surface area contributed by atoms with Crippen LogP contribution in [0.25, 0.3) is 0 Å². The van der Waals surface area contributed by atoms with Crippen molar-refractivity contribution in [1.82, 2.24) is 0 Å². The molecule has 2 aliphatic heterocycles. The Morgan fingerprint density at radius 1 is 1.17 bits per heavy atom. The van der Waals surface area contributed by atoms with Crippen molar-refractivity contribution in [2.45, 2.75) is 56.8 Å². The number of rotatable bonds is 4. The average Bonchev–Trinajstić information content (AvgIpc) is 2.80. The summed E-state index contributed by atoms with van der Waals surface area (Å²) < 4.78 is 49.9. The molecular formula is C16H20F2O5. The number of halogens is 2. The molecule has 3 rings (SSSR count). The molecule has 0 radical (unpaired) electrons. The lowest BCUT2D eigenvalue weighted by atomic mass is 9.98. The standard InChI is InChI=1S/C16H20F2O5/c1-15(2)22-12-13(19)16(17,18)11(21-14(12)23-15)9-20-8-10-6-4-3-5-7-10/h3-7,11-14,19H,8-9H2,1-2H3/t11-,12-,13-,14-/m0/s1. The van der Waals surface area contributed by atoms with Crippen LogP contribution in [0.5, 0.6) is 0 Å². The fourth-order valence-corrected chi connectivity index (χ4v) is 2.75. The molecule has 2 heterocycles. The minimum atomic E-state index is -3.48. The van der Waals surface area contributed by atoms with Crippen LogP contribution in [-0.4, -0.2) is 48.0 Å². The molecule has 5 nitrogen and oxygen atoms in total. The summed E-state index contributed by atoms with van der Waals surface area (Å²) in [5.74, 6) is -4.56. The van der Waals surface area contributed by atoms with Gasteiger partial charge in [0.25, 0.3) is 0 Å². The summed E-state index contributed by atoms with van der Waals surface area (Å²) in [4.78, 5) is 0. The van der Waals surface area contributed by atoms with E-state index in [9.17, 15) is 13.9 Å². The number of hydrogen-bond acceptors (Lipinski definition) is 5. The first-order chi connectivity index (χ1) is 10.8. The second kappa shape index (κ2) is 6.07. The number of hydrogen-bond donors (Lipinski definition) is 1. The van der Waals surface area contributed by atoms with Gasteiger partial charge < -0.3 is 24.1 Å². The van der Waals surface area contributed by atoms with Gasteiger partial charge in [-0.1, -0.05) is 30.3 Å². The highest BCUT2D eigenvalue weighted by Gasteiger charge is 2.62. The van der Waals surface area contributed by atoms with Gasteiger partial charge >= 0.3 is 5.92 Å². The zero-order chi connectivity index (χ0) is 16.7. The van der Waals surface area contributed by atoms with Gasteiger partial charge in [0, 0.05) is 0 Å². The van der Waals surface area contributed by atoms with Gasteiger partial charge in [0.15, 0.2) is 24.3 Å². The highest BCUT2D eigenvalue weighted by Crippen LogP contribution is 2.42. The predicted molar refractivity (Wildman–Crippen MR) is 75.7 cm³/mol. The van der Waals surface area contributed by atoms with Gasteiger partial charge in [-0.2, -0.15) is 0 Å². The predicted octanol–water partition coefficient (Wildman–Crippen LogP) is 2.08. The van der Waals surface area contributed by atoms with Crippen molar-refractivity contribution in [2.75, 3.05) is 6.61 Å². The Labute approximate surface area is 133 Å². The molecule has 0 aliphatic carbocycles. The van der Waals surface area contributed by atoms with E-state index in [2.05, 4.69) is 0 Å². The molecule has 1 aromatic rings. The third-order valence-corrected chi connectivity index (χ3v) is 3.90. The van der Waals surface area contributed by atoms with Crippen molar-refractivity contribution in [1.29, 1.82) is 0 Å². The van der Waals surface area contributed by atoms with Crippen LogP contribution in [0.1, 0.15) is 19.4 Å². The van der Waals surface area contributed by atoms with E-state index in [1.54, 1.807) is 13.8 Å². The molecule has 7 heteroatoms. The number of ether oxygens (including phenoxy) is 4. The molecule has 0 aromatic heterocycles. The van der Waals surface area contributed by atoms with Crippen LogP contribution in [-0.2, 0) is 25.6 Å². The molecule has 2 fully saturated rings. The molecule has 2 aliphatic rings. The Kier molecular flexibility index (Phi) is 4.41. The van der Waals surface area contributed by atoms with Crippen molar-refractivity contribution in [3.8, 4) is 0 Å². The molecule has 1 N–H and O–H groups in total. The first-order valence-electron chi connectivity index (χ1n) is 7.48. The number of fused-ring (bicyclic) bond motifs is 1. The quantitative estimate of drug-likeness (QED) is 0.916. The summed E-state index contributed by atoms with van der Waals surface area (Å²) in [6, 6.07) is 9.20. The highest BCUT2D eigenvalue weighted by atomic mass is 19.3. The lowest BCUT2D eigenvalue weighted by Gasteiger charge is -2.40. The van der Waals surface area contributed by atoms with E-state index < -0.39 is 36.3 Å². The minimum Gasteiger partial charge on any atom is -0.384 e. The van der Waals surface area contributed by atoms with E-state index in [-0.39, 0.29) is 13.2 Å². The second-order valence-electron chi connectivity index (χ2n) is 6.21. The smallest absolute Gasteiger partial charge is 0.304 e. The van der Waals surface area contributed by atoms with Gasteiger partial charge in [-0.3, -0.25) is 0 Å².